The van der Waals surface area contributed by atoms with Gasteiger partial charge in [-0.05, 0) is 30.0 Å². The third-order valence-corrected chi connectivity index (χ3v) is 3.99. The molecular formula is C20H23N5O. The molecule has 2 aromatic carbocycles. The van der Waals surface area contributed by atoms with Gasteiger partial charge in [0, 0.05) is 13.1 Å². The molecular weight excluding hydrogens is 326 g/mol. The summed E-state index contributed by atoms with van der Waals surface area (Å²) in [5, 5.41) is 14.5. The highest BCUT2D eigenvalue weighted by Crippen LogP contribution is 2.17. The van der Waals surface area contributed by atoms with Crippen LogP contribution in [0.3, 0.4) is 0 Å². The maximum atomic E-state index is 5.37. The van der Waals surface area contributed by atoms with Crippen molar-refractivity contribution < 1.29 is 4.74 Å². The number of methoxy groups -OCH3 is 1. The Morgan fingerprint density at radius 2 is 1.65 bits per heavy atom. The molecule has 0 radical (unpaired) electrons. The molecule has 2 N–H and O–H groups in total. The molecule has 0 saturated heterocycles. The van der Waals surface area contributed by atoms with E-state index in [1.807, 2.05) is 36.4 Å². The average molecular weight is 349 g/mol. The summed E-state index contributed by atoms with van der Waals surface area (Å²) in [6.45, 7) is 1.50. The first-order valence-electron chi connectivity index (χ1n) is 8.68. The lowest BCUT2D eigenvalue weighted by Crippen LogP contribution is -2.12. The zero-order valence-electron chi connectivity index (χ0n) is 14.9. The predicted molar refractivity (Wildman–Crippen MR) is 104 cm³/mol. The molecule has 0 aliphatic heterocycles. The van der Waals surface area contributed by atoms with Gasteiger partial charge in [0.15, 0.2) is 5.82 Å². The van der Waals surface area contributed by atoms with E-state index in [4.69, 9.17) is 4.74 Å². The highest BCUT2D eigenvalue weighted by molar-refractivity contribution is 5.38. The topological polar surface area (TPSA) is 72.0 Å². The van der Waals surface area contributed by atoms with Crippen molar-refractivity contribution >= 4 is 11.8 Å². The third kappa shape index (κ3) is 5.17. The summed E-state index contributed by atoms with van der Waals surface area (Å²) in [5.74, 6) is 2.13. The number of hydrogen-bond donors (Lipinski definition) is 2. The Morgan fingerprint density at radius 3 is 2.50 bits per heavy atom. The van der Waals surface area contributed by atoms with Gasteiger partial charge in [-0.15, -0.1) is 5.10 Å². The van der Waals surface area contributed by atoms with E-state index >= 15 is 0 Å². The Balaban J connectivity index is 1.48. The average Bonchev–Trinajstić information content (AvgIpc) is 2.69. The molecule has 0 spiro atoms. The normalized spacial score (nSPS) is 10.3. The number of rotatable bonds is 9. The van der Waals surface area contributed by atoms with Crippen molar-refractivity contribution in [2.24, 2.45) is 0 Å². The van der Waals surface area contributed by atoms with Crippen molar-refractivity contribution in [2.45, 2.75) is 12.8 Å². The van der Waals surface area contributed by atoms with E-state index in [1.54, 1.807) is 13.3 Å². The van der Waals surface area contributed by atoms with E-state index in [-0.39, 0.29) is 0 Å². The van der Waals surface area contributed by atoms with Gasteiger partial charge in [-0.25, -0.2) is 0 Å². The van der Waals surface area contributed by atoms with Gasteiger partial charge in [0.1, 0.15) is 5.75 Å². The number of hydrogen-bond acceptors (Lipinski definition) is 6. The molecule has 6 heteroatoms. The second-order valence-electron chi connectivity index (χ2n) is 5.82. The second kappa shape index (κ2) is 9.36. The van der Waals surface area contributed by atoms with Gasteiger partial charge < -0.3 is 15.4 Å². The minimum absolute atomic E-state index is 0.518. The summed E-state index contributed by atoms with van der Waals surface area (Å²) in [7, 11) is 1.68. The van der Waals surface area contributed by atoms with Crippen LogP contribution in [-0.4, -0.2) is 35.4 Å². The molecule has 0 bridgehead atoms. The highest BCUT2D eigenvalue weighted by Gasteiger charge is 2.03. The second-order valence-corrected chi connectivity index (χ2v) is 5.82. The summed E-state index contributed by atoms with van der Waals surface area (Å²) < 4.78 is 5.37. The van der Waals surface area contributed by atoms with Crippen molar-refractivity contribution in [1.29, 1.82) is 0 Å². The minimum Gasteiger partial charge on any atom is -0.496 e. The Bertz CT molecular complexity index is 810. The lowest BCUT2D eigenvalue weighted by Gasteiger charge is -2.09. The van der Waals surface area contributed by atoms with E-state index in [1.165, 1.54) is 5.56 Å². The van der Waals surface area contributed by atoms with Crippen LogP contribution in [-0.2, 0) is 12.8 Å². The molecule has 1 heterocycles. The SMILES string of the molecule is COc1ccccc1CCNc1nncc(NCCc2ccccc2)n1. The molecule has 3 aromatic rings. The molecule has 26 heavy (non-hydrogen) atoms. The lowest BCUT2D eigenvalue weighted by atomic mass is 10.1. The molecule has 0 aliphatic carbocycles. The maximum Gasteiger partial charge on any atom is 0.244 e. The quantitative estimate of drug-likeness (QED) is 0.618. The molecule has 0 fully saturated rings. The molecule has 0 aliphatic rings. The fourth-order valence-corrected chi connectivity index (χ4v) is 2.66. The molecule has 0 unspecified atom stereocenters. The molecule has 134 valence electrons. The molecule has 1 aromatic heterocycles. The third-order valence-electron chi connectivity index (χ3n) is 3.99. The van der Waals surface area contributed by atoms with Crippen LogP contribution in [0.15, 0.2) is 60.8 Å². The number of benzene rings is 2. The van der Waals surface area contributed by atoms with Crippen molar-refractivity contribution in [3.8, 4) is 5.75 Å². The van der Waals surface area contributed by atoms with Gasteiger partial charge in [-0.1, -0.05) is 48.5 Å². The van der Waals surface area contributed by atoms with Crippen molar-refractivity contribution in [1.82, 2.24) is 15.2 Å². The van der Waals surface area contributed by atoms with Crippen molar-refractivity contribution in [3.63, 3.8) is 0 Å². The van der Waals surface area contributed by atoms with E-state index < -0.39 is 0 Å². The van der Waals surface area contributed by atoms with Gasteiger partial charge >= 0.3 is 0 Å². The summed E-state index contributed by atoms with van der Waals surface area (Å²) in [6, 6.07) is 18.3. The zero-order chi connectivity index (χ0) is 18.0. The molecule has 0 amide bonds. The Hall–Kier alpha value is -3.15. The van der Waals surface area contributed by atoms with Crippen LogP contribution in [0, 0.1) is 0 Å². The van der Waals surface area contributed by atoms with Crippen LogP contribution in [0.1, 0.15) is 11.1 Å². The van der Waals surface area contributed by atoms with Gasteiger partial charge in [0.05, 0.1) is 13.3 Å². The first-order chi connectivity index (χ1) is 12.8. The number of aromatic nitrogens is 3. The van der Waals surface area contributed by atoms with Crippen LogP contribution in [0.4, 0.5) is 11.8 Å². The van der Waals surface area contributed by atoms with Crippen LogP contribution in [0.25, 0.3) is 0 Å². The monoisotopic (exact) mass is 349 g/mol. The maximum absolute atomic E-state index is 5.37. The van der Waals surface area contributed by atoms with Crippen LogP contribution in [0.5, 0.6) is 5.75 Å². The van der Waals surface area contributed by atoms with Gasteiger partial charge in [-0.2, -0.15) is 10.1 Å². The van der Waals surface area contributed by atoms with Gasteiger partial charge in [-0.3, -0.25) is 0 Å². The van der Waals surface area contributed by atoms with Gasteiger partial charge in [0.2, 0.25) is 5.95 Å². The van der Waals surface area contributed by atoms with E-state index in [0.717, 1.165) is 36.5 Å². The minimum atomic E-state index is 0.518. The first-order valence-corrected chi connectivity index (χ1v) is 8.68. The fraction of sp³-hybridized carbons (Fsp3) is 0.250. The number of para-hydroxylation sites is 1. The van der Waals surface area contributed by atoms with Crippen molar-refractivity contribution in [3.05, 3.63) is 71.9 Å². The first kappa shape index (κ1) is 17.7. The van der Waals surface area contributed by atoms with E-state index in [0.29, 0.717) is 12.5 Å². The molecule has 0 saturated carbocycles. The molecule has 3 rings (SSSR count). The molecule has 6 nitrogen and oxygen atoms in total. The summed E-state index contributed by atoms with van der Waals surface area (Å²) >= 11 is 0. The summed E-state index contributed by atoms with van der Waals surface area (Å²) in [4.78, 5) is 4.45. The smallest absolute Gasteiger partial charge is 0.244 e. The van der Waals surface area contributed by atoms with Crippen LogP contribution >= 0.6 is 0 Å². The number of anilines is 2. The van der Waals surface area contributed by atoms with E-state index in [2.05, 4.69) is 44.0 Å². The van der Waals surface area contributed by atoms with Crippen LogP contribution in [0.2, 0.25) is 0 Å². The van der Waals surface area contributed by atoms with Crippen molar-refractivity contribution in [2.75, 3.05) is 30.8 Å². The summed E-state index contributed by atoms with van der Waals surface area (Å²) in [5.41, 5.74) is 2.43. The Kier molecular flexibility index (Phi) is 6.36. The Labute approximate surface area is 153 Å². The fourth-order valence-electron chi connectivity index (χ4n) is 2.66. The zero-order valence-corrected chi connectivity index (χ0v) is 14.9. The van der Waals surface area contributed by atoms with Gasteiger partial charge in [0.25, 0.3) is 0 Å². The summed E-state index contributed by atoms with van der Waals surface area (Å²) in [6.07, 6.45) is 3.39. The standard InChI is InChI=1S/C20H23N5O/c1-26-18-10-6-5-9-17(18)12-14-22-20-24-19(15-23-25-20)21-13-11-16-7-3-2-4-8-16/h2-10,15H,11-14H2,1H3,(H2,21,22,24,25). The highest BCUT2D eigenvalue weighted by atomic mass is 16.5. The number of nitrogens with one attached hydrogen (secondary N) is 2. The number of nitrogens with zero attached hydrogens (tertiary/aromatic N) is 3. The lowest BCUT2D eigenvalue weighted by molar-refractivity contribution is 0.410. The largest absolute Gasteiger partial charge is 0.496 e. The van der Waals surface area contributed by atoms with Crippen LogP contribution < -0.4 is 15.4 Å². The number of ether oxygens (including phenoxy) is 1. The predicted octanol–water partition coefficient (Wildman–Crippen LogP) is 3.19. The molecule has 0 atom stereocenters. The Morgan fingerprint density at radius 1 is 0.885 bits per heavy atom. The van der Waals surface area contributed by atoms with E-state index in [9.17, 15) is 0 Å².